The molecule has 0 heterocycles. The van der Waals surface area contributed by atoms with Crippen LogP contribution in [0.3, 0.4) is 0 Å². The number of benzene rings is 2. The van der Waals surface area contributed by atoms with Crippen LogP contribution in [-0.2, 0) is 13.0 Å². The van der Waals surface area contributed by atoms with Crippen LogP contribution in [-0.4, -0.2) is 0 Å². The third-order valence-corrected chi connectivity index (χ3v) is 3.93. The average Bonchev–Trinajstić information content (AvgIpc) is 2.61. The largest absolute Gasteiger partial charge is 0.489 e. The number of unbranched alkanes of at least 4 members (excludes halogenated alkanes) is 5. The van der Waals surface area contributed by atoms with Crippen LogP contribution in [0.2, 0.25) is 0 Å². The van der Waals surface area contributed by atoms with Gasteiger partial charge in [-0.3, -0.25) is 0 Å². The molecule has 0 fully saturated rings. The second-order valence-electron chi connectivity index (χ2n) is 5.84. The minimum Gasteiger partial charge on any atom is -0.489 e. The van der Waals surface area contributed by atoms with Crippen molar-refractivity contribution in [1.29, 1.82) is 5.26 Å². The predicted molar refractivity (Wildman–Crippen MR) is 94.2 cm³/mol. The van der Waals surface area contributed by atoms with Crippen LogP contribution < -0.4 is 4.74 Å². The number of ether oxygens (including phenoxy) is 1. The van der Waals surface area contributed by atoms with E-state index in [1.165, 1.54) is 36.8 Å². The third-order valence-electron chi connectivity index (χ3n) is 3.93. The molecule has 0 amide bonds. The Bertz CT molecular complexity index is 583. The summed E-state index contributed by atoms with van der Waals surface area (Å²) in [7, 11) is 0. The van der Waals surface area contributed by atoms with E-state index in [0.717, 1.165) is 18.6 Å². The van der Waals surface area contributed by atoms with Crippen molar-refractivity contribution < 1.29 is 4.74 Å². The maximum Gasteiger partial charge on any atom is 0.119 e. The van der Waals surface area contributed by atoms with Crippen LogP contribution in [0.1, 0.15) is 49.7 Å². The Morgan fingerprint density at radius 3 is 2.17 bits per heavy atom. The molecule has 0 atom stereocenters. The highest BCUT2D eigenvalue weighted by molar-refractivity contribution is 5.27. The zero-order valence-electron chi connectivity index (χ0n) is 13.7. The Hall–Kier alpha value is -2.27. The van der Waals surface area contributed by atoms with Gasteiger partial charge in [0.2, 0.25) is 0 Å². The molecule has 0 aliphatic heterocycles. The minimum atomic E-state index is 0.614. The van der Waals surface area contributed by atoms with E-state index in [0.29, 0.717) is 13.0 Å². The van der Waals surface area contributed by atoms with Gasteiger partial charge in [0.15, 0.2) is 0 Å². The first-order valence-electron chi connectivity index (χ1n) is 8.51. The second kappa shape index (κ2) is 10.5. The van der Waals surface area contributed by atoms with Crippen LogP contribution in [0.25, 0.3) is 0 Å². The van der Waals surface area contributed by atoms with Gasteiger partial charge in [-0.1, -0.05) is 61.7 Å². The predicted octanol–water partition coefficient (Wildman–Crippen LogP) is 5.67. The lowest BCUT2D eigenvalue weighted by molar-refractivity contribution is 0.306. The number of nitriles is 1. The maximum absolute atomic E-state index is 8.48. The molecule has 2 nitrogen and oxygen atoms in total. The molecule has 0 spiro atoms. The van der Waals surface area contributed by atoms with E-state index in [2.05, 4.69) is 42.5 Å². The topological polar surface area (TPSA) is 33.0 Å². The van der Waals surface area contributed by atoms with Gasteiger partial charge < -0.3 is 4.74 Å². The van der Waals surface area contributed by atoms with Gasteiger partial charge in [0.1, 0.15) is 12.4 Å². The van der Waals surface area contributed by atoms with Gasteiger partial charge in [0, 0.05) is 6.42 Å². The van der Waals surface area contributed by atoms with Gasteiger partial charge in [-0.15, -0.1) is 0 Å². The molecule has 0 radical (unpaired) electrons. The zero-order chi connectivity index (χ0) is 16.2. The summed E-state index contributed by atoms with van der Waals surface area (Å²) in [6, 6.07) is 20.9. The Balaban J connectivity index is 1.63. The van der Waals surface area contributed by atoms with E-state index in [4.69, 9.17) is 10.00 Å². The van der Waals surface area contributed by atoms with Crippen molar-refractivity contribution in [3.05, 3.63) is 65.7 Å². The molecule has 0 unspecified atom stereocenters. The Labute approximate surface area is 139 Å². The van der Waals surface area contributed by atoms with Crippen LogP contribution in [0.5, 0.6) is 5.75 Å². The van der Waals surface area contributed by atoms with E-state index < -0.39 is 0 Å². The van der Waals surface area contributed by atoms with Crippen LogP contribution in [0, 0.1) is 11.3 Å². The van der Waals surface area contributed by atoms with Crippen molar-refractivity contribution in [2.24, 2.45) is 0 Å². The van der Waals surface area contributed by atoms with Gasteiger partial charge >= 0.3 is 0 Å². The van der Waals surface area contributed by atoms with Crippen molar-refractivity contribution in [3.63, 3.8) is 0 Å². The number of aryl methyl sites for hydroxylation is 1. The highest BCUT2D eigenvalue weighted by Gasteiger charge is 1.98. The summed E-state index contributed by atoms with van der Waals surface area (Å²) in [5.41, 5.74) is 2.56. The third kappa shape index (κ3) is 7.02. The SMILES string of the molecule is N#CCCCCCCCc1ccc(OCc2ccccc2)cc1. The van der Waals surface area contributed by atoms with Crippen molar-refractivity contribution in [3.8, 4) is 11.8 Å². The van der Waals surface area contributed by atoms with E-state index in [1.807, 2.05) is 18.2 Å². The highest BCUT2D eigenvalue weighted by atomic mass is 16.5. The molecule has 0 N–H and O–H groups in total. The van der Waals surface area contributed by atoms with Crippen LogP contribution >= 0.6 is 0 Å². The number of nitrogens with zero attached hydrogens (tertiary/aromatic N) is 1. The first-order valence-corrected chi connectivity index (χ1v) is 8.51. The molecule has 0 saturated carbocycles. The Kier molecular flexibility index (Phi) is 7.77. The second-order valence-corrected chi connectivity index (χ2v) is 5.84. The van der Waals surface area contributed by atoms with Gasteiger partial charge in [-0.2, -0.15) is 5.26 Å². The van der Waals surface area contributed by atoms with Crippen LogP contribution in [0.4, 0.5) is 0 Å². The van der Waals surface area contributed by atoms with Gasteiger partial charge in [0.05, 0.1) is 6.07 Å². The molecule has 2 rings (SSSR count). The van der Waals surface area contributed by atoms with Crippen molar-refractivity contribution in [2.75, 3.05) is 0 Å². The molecule has 23 heavy (non-hydrogen) atoms. The molecule has 2 aromatic rings. The quantitative estimate of drug-likeness (QED) is 0.530. The smallest absolute Gasteiger partial charge is 0.119 e. The standard InChI is InChI=1S/C21H25NO/c22-17-9-4-2-1-3-6-10-19-13-15-21(16-14-19)23-18-20-11-7-5-8-12-20/h5,7-8,11-16H,1-4,6,9-10,18H2. The summed E-state index contributed by atoms with van der Waals surface area (Å²) >= 11 is 0. The fraction of sp³-hybridized carbons (Fsp3) is 0.381. The molecule has 2 heteroatoms. The van der Waals surface area contributed by atoms with E-state index in [9.17, 15) is 0 Å². The molecular formula is C21H25NO. The van der Waals surface area contributed by atoms with E-state index in [1.54, 1.807) is 0 Å². The molecule has 120 valence electrons. The fourth-order valence-corrected chi connectivity index (χ4v) is 2.56. The van der Waals surface area contributed by atoms with Crippen molar-refractivity contribution in [2.45, 2.75) is 51.6 Å². The molecule has 0 aromatic heterocycles. The Morgan fingerprint density at radius 2 is 1.43 bits per heavy atom. The maximum atomic E-state index is 8.48. The lowest BCUT2D eigenvalue weighted by atomic mass is 10.0. The first kappa shape index (κ1) is 17.1. The van der Waals surface area contributed by atoms with Crippen LogP contribution in [0.15, 0.2) is 54.6 Å². The fourth-order valence-electron chi connectivity index (χ4n) is 2.56. The lowest BCUT2D eigenvalue weighted by Crippen LogP contribution is -1.95. The number of hydrogen-bond acceptors (Lipinski definition) is 2. The zero-order valence-corrected chi connectivity index (χ0v) is 13.7. The molecule has 2 aromatic carbocycles. The van der Waals surface area contributed by atoms with E-state index in [-0.39, 0.29) is 0 Å². The van der Waals surface area contributed by atoms with Gasteiger partial charge in [-0.25, -0.2) is 0 Å². The normalized spacial score (nSPS) is 10.2. The molecule has 0 aliphatic carbocycles. The van der Waals surface area contributed by atoms with Crippen molar-refractivity contribution >= 4 is 0 Å². The molecular weight excluding hydrogens is 282 g/mol. The summed E-state index contributed by atoms with van der Waals surface area (Å²) in [5, 5.41) is 8.48. The first-order chi connectivity index (χ1) is 11.4. The van der Waals surface area contributed by atoms with Gasteiger partial charge in [0.25, 0.3) is 0 Å². The Morgan fingerprint density at radius 1 is 0.739 bits per heavy atom. The number of hydrogen-bond donors (Lipinski definition) is 0. The molecule has 0 aliphatic rings. The summed E-state index contributed by atoms with van der Waals surface area (Å²) < 4.78 is 5.80. The highest BCUT2D eigenvalue weighted by Crippen LogP contribution is 2.16. The molecule has 0 bridgehead atoms. The van der Waals surface area contributed by atoms with Crippen molar-refractivity contribution in [1.82, 2.24) is 0 Å². The summed E-state index contributed by atoms with van der Waals surface area (Å²) in [6.45, 7) is 0.614. The summed E-state index contributed by atoms with van der Waals surface area (Å²) in [5.74, 6) is 0.925. The van der Waals surface area contributed by atoms with Gasteiger partial charge in [-0.05, 0) is 42.5 Å². The monoisotopic (exact) mass is 307 g/mol. The minimum absolute atomic E-state index is 0.614. The van der Waals surface area contributed by atoms with E-state index >= 15 is 0 Å². The number of rotatable bonds is 10. The summed E-state index contributed by atoms with van der Waals surface area (Å²) in [4.78, 5) is 0. The molecule has 0 saturated heterocycles. The summed E-state index contributed by atoms with van der Waals surface area (Å²) in [6.07, 6.45) is 7.75. The lowest BCUT2D eigenvalue weighted by Gasteiger charge is -2.07. The average molecular weight is 307 g/mol.